The second kappa shape index (κ2) is 7.55. The number of aryl methyl sites for hydroxylation is 2. The summed E-state index contributed by atoms with van der Waals surface area (Å²) >= 11 is 0. The number of nitrogens with one attached hydrogen (secondary N) is 1. The van der Waals surface area contributed by atoms with Crippen molar-refractivity contribution in [1.29, 1.82) is 0 Å². The van der Waals surface area contributed by atoms with Crippen molar-refractivity contribution in [2.75, 3.05) is 6.61 Å². The van der Waals surface area contributed by atoms with Crippen LogP contribution in [0, 0.1) is 12.8 Å². The molecule has 2 aromatic rings. The Labute approximate surface area is 137 Å². The van der Waals surface area contributed by atoms with E-state index >= 15 is 0 Å². The molecule has 0 amide bonds. The fourth-order valence-electron chi connectivity index (χ4n) is 2.67. The average Bonchev–Trinajstić information content (AvgIpc) is 3.34. The van der Waals surface area contributed by atoms with Gasteiger partial charge in [0.2, 0.25) is 0 Å². The SMILES string of the molecule is Cc1[nH]cnc1CCCCOCc1ccc(C(=O)C2CC2)cc1. The number of aromatic nitrogens is 2. The highest BCUT2D eigenvalue weighted by Crippen LogP contribution is 2.32. The Kier molecular flexibility index (Phi) is 5.23. The number of hydrogen-bond donors (Lipinski definition) is 1. The summed E-state index contributed by atoms with van der Waals surface area (Å²) in [5.41, 5.74) is 4.28. The summed E-state index contributed by atoms with van der Waals surface area (Å²) in [6.07, 6.45) is 6.98. The molecular formula is C19H24N2O2. The number of rotatable bonds is 9. The molecule has 1 aromatic carbocycles. The van der Waals surface area contributed by atoms with Crippen molar-refractivity contribution in [3.05, 3.63) is 53.1 Å². The van der Waals surface area contributed by atoms with Gasteiger partial charge in [0.05, 0.1) is 18.6 Å². The van der Waals surface area contributed by atoms with Gasteiger partial charge < -0.3 is 9.72 Å². The third kappa shape index (κ3) is 4.52. The Morgan fingerprint density at radius 1 is 1.26 bits per heavy atom. The van der Waals surface area contributed by atoms with Crippen LogP contribution >= 0.6 is 0 Å². The van der Waals surface area contributed by atoms with Crippen LogP contribution < -0.4 is 0 Å². The molecule has 4 heteroatoms. The molecule has 0 unspecified atom stereocenters. The number of unbranched alkanes of at least 4 members (excludes halogenated alkanes) is 1. The fraction of sp³-hybridized carbons (Fsp3) is 0.474. The molecule has 1 saturated carbocycles. The minimum atomic E-state index is 0.287. The van der Waals surface area contributed by atoms with E-state index in [1.165, 1.54) is 0 Å². The van der Waals surface area contributed by atoms with Gasteiger partial charge in [-0.05, 0) is 44.6 Å². The van der Waals surface area contributed by atoms with Crippen LogP contribution in [0.1, 0.15) is 53.0 Å². The first-order chi connectivity index (χ1) is 11.2. The summed E-state index contributed by atoms with van der Waals surface area (Å²) < 4.78 is 5.72. The molecule has 122 valence electrons. The number of aromatic amines is 1. The number of H-pyrrole nitrogens is 1. The van der Waals surface area contributed by atoms with Gasteiger partial charge in [-0.25, -0.2) is 4.98 Å². The third-order valence-corrected chi connectivity index (χ3v) is 4.34. The number of ketones is 1. The number of carbonyl (C=O) groups is 1. The quantitative estimate of drug-likeness (QED) is 0.565. The summed E-state index contributed by atoms with van der Waals surface area (Å²) in [5, 5.41) is 0. The molecule has 1 N–H and O–H groups in total. The van der Waals surface area contributed by atoms with Crippen molar-refractivity contribution in [1.82, 2.24) is 9.97 Å². The Hall–Kier alpha value is -1.94. The van der Waals surface area contributed by atoms with Crippen LogP contribution in [0.2, 0.25) is 0 Å². The van der Waals surface area contributed by atoms with Gasteiger partial charge in [-0.1, -0.05) is 24.3 Å². The summed E-state index contributed by atoms with van der Waals surface area (Å²) in [6.45, 7) is 3.42. The van der Waals surface area contributed by atoms with Crippen molar-refractivity contribution in [2.24, 2.45) is 5.92 Å². The standard InChI is InChI=1S/C19H24N2O2/c1-14-18(21-13-20-14)4-2-3-11-23-12-15-5-7-16(8-6-15)19(22)17-9-10-17/h5-8,13,17H,2-4,9-12H2,1H3,(H,20,21). The van der Waals surface area contributed by atoms with E-state index in [9.17, 15) is 4.79 Å². The lowest BCUT2D eigenvalue weighted by Gasteiger charge is -2.05. The molecule has 0 saturated heterocycles. The number of nitrogens with zero attached hydrogens (tertiary/aromatic N) is 1. The molecule has 4 nitrogen and oxygen atoms in total. The lowest BCUT2D eigenvalue weighted by Crippen LogP contribution is -2.02. The molecule has 3 rings (SSSR count). The van der Waals surface area contributed by atoms with Crippen molar-refractivity contribution in [2.45, 2.75) is 45.6 Å². The van der Waals surface area contributed by atoms with Crippen LogP contribution in [0.4, 0.5) is 0 Å². The van der Waals surface area contributed by atoms with Gasteiger partial charge in [0.25, 0.3) is 0 Å². The Balaban J connectivity index is 1.32. The fourth-order valence-corrected chi connectivity index (χ4v) is 2.67. The van der Waals surface area contributed by atoms with E-state index < -0.39 is 0 Å². The first kappa shape index (κ1) is 15.9. The molecule has 1 fully saturated rings. The minimum Gasteiger partial charge on any atom is -0.377 e. The molecule has 23 heavy (non-hydrogen) atoms. The number of carbonyl (C=O) groups excluding carboxylic acids is 1. The van der Waals surface area contributed by atoms with Gasteiger partial charge in [0.1, 0.15) is 0 Å². The molecule has 1 aliphatic carbocycles. The summed E-state index contributed by atoms with van der Waals surface area (Å²) in [5.74, 6) is 0.585. The maximum atomic E-state index is 11.9. The molecule has 1 aromatic heterocycles. The molecule has 0 atom stereocenters. The first-order valence-electron chi connectivity index (χ1n) is 8.44. The van der Waals surface area contributed by atoms with E-state index in [4.69, 9.17) is 4.74 Å². The van der Waals surface area contributed by atoms with E-state index in [-0.39, 0.29) is 5.92 Å². The van der Waals surface area contributed by atoms with Crippen LogP contribution in [0.25, 0.3) is 0 Å². The number of benzene rings is 1. The zero-order chi connectivity index (χ0) is 16.1. The number of hydrogen-bond acceptors (Lipinski definition) is 3. The summed E-state index contributed by atoms with van der Waals surface area (Å²) in [4.78, 5) is 19.3. The first-order valence-corrected chi connectivity index (χ1v) is 8.44. The smallest absolute Gasteiger partial charge is 0.165 e. The highest BCUT2D eigenvalue weighted by atomic mass is 16.5. The lowest BCUT2D eigenvalue weighted by atomic mass is 10.1. The van der Waals surface area contributed by atoms with Gasteiger partial charge >= 0.3 is 0 Å². The predicted octanol–water partition coefficient (Wildman–Crippen LogP) is 3.85. The minimum absolute atomic E-state index is 0.287. The van der Waals surface area contributed by atoms with Crippen LogP contribution in [0.3, 0.4) is 0 Å². The maximum absolute atomic E-state index is 11.9. The topological polar surface area (TPSA) is 55.0 Å². The molecule has 0 aliphatic heterocycles. The molecular weight excluding hydrogens is 288 g/mol. The Morgan fingerprint density at radius 2 is 2.04 bits per heavy atom. The van der Waals surface area contributed by atoms with E-state index in [0.717, 1.165) is 61.2 Å². The highest BCUT2D eigenvalue weighted by molar-refractivity contribution is 5.99. The molecule has 0 spiro atoms. The van der Waals surface area contributed by atoms with Crippen LogP contribution in [-0.2, 0) is 17.8 Å². The van der Waals surface area contributed by atoms with Crippen molar-refractivity contribution in [3.8, 4) is 0 Å². The van der Waals surface area contributed by atoms with Gasteiger partial charge in [-0.2, -0.15) is 0 Å². The molecule has 0 bridgehead atoms. The van der Waals surface area contributed by atoms with Gasteiger partial charge in [-0.3, -0.25) is 4.79 Å². The summed E-state index contributed by atoms with van der Waals surface area (Å²) in [7, 11) is 0. The number of Topliss-reactive ketones (excluding diaryl/α,β-unsaturated/α-hetero) is 1. The van der Waals surface area contributed by atoms with Crippen molar-refractivity contribution < 1.29 is 9.53 Å². The van der Waals surface area contributed by atoms with Crippen LogP contribution in [-0.4, -0.2) is 22.4 Å². The third-order valence-electron chi connectivity index (χ3n) is 4.34. The van der Waals surface area contributed by atoms with Crippen LogP contribution in [0.5, 0.6) is 0 Å². The van der Waals surface area contributed by atoms with Gasteiger partial charge in [-0.15, -0.1) is 0 Å². The average molecular weight is 312 g/mol. The zero-order valence-electron chi connectivity index (χ0n) is 13.7. The largest absolute Gasteiger partial charge is 0.377 e. The maximum Gasteiger partial charge on any atom is 0.165 e. The van der Waals surface area contributed by atoms with E-state index in [1.54, 1.807) is 6.33 Å². The van der Waals surface area contributed by atoms with Gasteiger partial charge in [0.15, 0.2) is 5.78 Å². The second-order valence-electron chi connectivity index (χ2n) is 6.32. The zero-order valence-corrected chi connectivity index (χ0v) is 13.7. The highest BCUT2D eigenvalue weighted by Gasteiger charge is 2.30. The number of ether oxygens (including phenoxy) is 1. The Morgan fingerprint density at radius 3 is 2.70 bits per heavy atom. The molecule has 1 aliphatic rings. The van der Waals surface area contributed by atoms with Crippen molar-refractivity contribution in [3.63, 3.8) is 0 Å². The number of imidazole rings is 1. The second-order valence-corrected chi connectivity index (χ2v) is 6.32. The Bertz CT molecular complexity index is 642. The van der Waals surface area contributed by atoms with E-state index in [2.05, 4.69) is 16.9 Å². The monoisotopic (exact) mass is 312 g/mol. The lowest BCUT2D eigenvalue weighted by molar-refractivity contribution is 0.0967. The van der Waals surface area contributed by atoms with E-state index in [1.807, 2.05) is 24.3 Å². The normalized spacial score (nSPS) is 14.1. The van der Waals surface area contributed by atoms with E-state index in [0.29, 0.717) is 12.4 Å². The summed E-state index contributed by atoms with van der Waals surface area (Å²) in [6, 6.07) is 7.87. The van der Waals surface area contributed by atoms with Crippen LogP contribution in [0.15, 0.2) is 30.6 Å². The predicted molar refractivity (Wildman–Crippen MR) is 89.4 cm³/mol. The van der Waals surface area contributed by atoms with Gasteiger partial charge in [0, 0.05) is 23.8 Å². The molecule has 1 heterocycles. The van der Waals surface area contributed by atoms with Crippen molar-refractivity contribution >= 4 is 5.78 Å². The molecule has 0 radical (unpaired) electrons.